The predicted octanol–water partition coefficient (Wildman–Crippen LogP) is 3.01. The van der Waals surface area contributed by atoms with Gasteiger partial charge in [0.1, 0.15) is 0 Å². The maximum Gasteiger partial charge on any atom is 0.276 e. The molecule has 3 aromatic rings. The number of carbonyl (C=O) groups is 2. The summed E-state index contributed by atoms with van der Waals surface area (Å²) in [6.45, 7) is 2.13. The van der Waals surface area contributed by atoms with E-state index in [-0.39, 0.29) is 18.9 Å². The van der Waals surface area contributed by atoms with E-state index in [1.54, 1.807) is 18.2 Å². The SMILES string of the molecule is CCOc1ccccc1OCC(=O)NNC(=O)Cc1cccc2ccccc12. The molecule has 3 aromatic carbocycles. The fourth-order valence-electron chi connectivity index (χ4n) is 2.83. The number of carbonyl (C=O) groups excluding carboxylic acids is 2. The molecule has 0 bridgehead atoms. The average Bonchev–Trinajstić information content (AvgIpc) is 2.72. The molecule has 0 heterocycles. The summed E-state index contributed by atoms with van der Waals surface area (Å²) in [6.07, 6.45) is 0.162. The Balaban J connectivity index is 1.50. The zero-order valence-electron chi connectivity index (χ0n) is 15.6. The first kappa shape index (κ1) is 19.2. The van der Waals surface area contributed by atoms with Crippen LogP contribution >= 0.6 is 0 Å². The van der Waals surface area contributed by atoms with Gasteiger partial charge in [0.25, 0.3) is 5.91 Å². The highest BCUT2D eigenvalue weighted by Crippen LogP contribution is 2.26. The smallest absolute Gasteiger partial charge is 0.276 e. The first-order chi connectivity index (χ1) is 13.7. The fourth-order valence-corrected chi connectivity index (χ4v) is 2.83. The van der Waals surface area contributed by atoms with Crippen molar-refractivity contribution in [3.8, 4) is 11.5 Å². The summed E-state index contributed by atoms with van der Waals surface area (Å²) in [5.74, 6) is 0.274. The molecule has 2 N–H and O–H groups in total. The van der Waals surface area contributed by atoms with Crippen LogP contribution in [0.1, 0.15) is 12.5 Å². The van der Waals surface area contributed by atoms with E-state index in [0.717, 1.165) is 16.3 Å². The number of hydrazine groups is 1. The minimum Gasteiger partial charge on any atom is -0.490 e. The quantitative estimate of drug-likeness (QED) is 0.620. The van der Waals surface area contributed by atoms with Crippen molar-refractivity contribution in [2.45, 2.75) is 13.3 Å². The highest BCUT2D eigenvalue weighted by molar-refractivity contribution is 5.91. The Morgan fingerprint density at radius 3 is 2.21 bits per heavy atom. The van der Waals surface area contributed by atoms with Crippen LogP contribution in [0.4, 0.5) is 0 Å². The Morgan fingerprint density at radius 1 is 0.786 bits per heavy atom. The molecule has 0 aliphatic rings. The van der Waals surface area contributed by atoms with Crippen molar-refractivity contribution in [1.29, 1.82) is 0 Å². The van der Waals surface area contributed by atoms with Crippen molar-refractivity contribution >= 4 is 22.6 Å². The van der Waals surface area contributed by atoms with Crippen molar-refractivity contribution < 1.29 is 19.1 Å². The molecular weight excluding hydrogens is 356 g/mol. The molecule has 0 radical (unpaired) electrons. The first-order valence-electron chi connectivity index (χ1n) is 9.06. The maximum atomic E-state index is 12.2. The van der Waals surface area contributed by atoms with E-state index >= 15 is 0 Å². The fraction of sp³-hybridized carbons (Fsp3) is 0.182. The second-order valence-electron chi connectivity index (χ2n) is 6.08. The van der Waals surface area contributed by atoms with Gasteiger partial charge in [-0.15, -0.1) is 0 Å². The van der Waals surface area contributed by atoms with Gasteiger partial charge in [0.2, 0.25) is 5.91 Å². The lowest BCUT2D eigenvalue weighted by molar-refractivity contribution is -0.129. The van der Waals surface area contributed by atoms with Gasteiger partial charge in [-0.3, -0.25) is 20.4 Å². The number of hydrogen-bond acceptors (Lipinski definition) is 4. The molecule has 0 spiro atoms. The van der Waals surface area contributed by atoms with Crippen molar-refractivity contribution in [3.63, 3.8) is 0 Å². The largest absolute Gasteiger partial charge is 0.490 e. The molecule has 2 amide bonds. The molecule has 0 aromatic heterocycles. The number of amides is 2. The molecule has 0 fully saturated rings. The molecule has 0 unspecified atom stereocenters. The van der Waals surface area contributed by atoms with E-state index in [1.165, 1.54) is 0 Å². The van der Waals surface area contributed by atoms with Gasteiger partial charge in [0.05, 0.1) is 13.0 Å². The summed E-state index contributed by atoms with van der Waals surface area (Å²) in [6, 6.07) is 20.8. The van der Waals surface area contributed by atoms with E-state index < -0.39 is 5.91 Å². The number of benzene rings is 3. The molecule has 0 aliphatic heterocycles. The van der Waals surface area contributed by atoms with Crippen molar-refractivity contribution in [2.75, 3.05) is 13.2 Å². The first-order valence-corrected chi connectivity index (χ1v) is 9.06. The summed E-state index contributed by atoms with van der Waals surface area (Å²) < 4.78 is 10.9. The van der Waals surface area contributed by atoms with Crippen molar-refractivity contribution in [2.24, 2.45) is 0 Å². The van der Waals surface area contributed by atoms with E-state index in [4.69, 9.17) is 9.47 Å². The summed E-state index contributed by atoms with van der Waals surface area (Å²) in [7, 11) is 0. The van der Waals surface area contributed by atoms with Gasteiger partial charge in [-0.25, -0.2) is 0 Å². The van der Waals surface area contributed by atoms with Crippen molar-refractivity contribution in [1.82, 2.24) is 10.9 Å². The second kappa shape index (κ2) is 9.41. The number of rotatable bonds is 7. The molecule has 0 saturated carbocycles. The lowest BCUT2D eigenvalue weighted by Gasteiger charge is -2.12. The van der Waals surface area contributed by atoms with Gasteiger partial charge < -0.3 is 9.47 Å². The topological polar surface area (TPSA) is 76.7 Å². The number of nitrogens with one attached hydrogen (secondary N) is 2. The zero-order valence-corrected chi connectivity index (χ0v) is 15.6. The summed E-state index contributed by atoms with van der Waals surface area (Å²) in [5, 5.41) is 2.08. The van der Waals surface area contributed by atoms with Crippen LogP contribution in [0.2, 0.25) is 0 Å². The highest BCUT2D eigenvalue weighted by atomic mass is 16.5. The van der Waals surface area contributed by atoms with E-state index in [1.807, 2.05) is 55.5 Å². The molecule has 0 saturated heterocycles. The van der Waals surface area contributed by atoms with Gasteiger partial charge in [0.15, 0.2) is 18.1 Å². The number of ether oxygens (including phenoxy) is 2. The Labute approximate surface area is 163 Å². The Kier molecular flexibility index (Phi) is 6.46. The zero-order chi connectivity index (χ0) is 19.8. The summed E-state index contributed by atoms with van der Waals surface area (Å²) in [4.78, 5) is 24.2. The van der Waals surface area contributed by atoms with Gasteiger partial charge in [-0.1, -0.05) is 54.6 Å². The molecule has 0 atom stereocenters. The van der Waals surface area contributed by atoms with E-state index in [2.05, 4.69) is 10.9 Å². The van der Waals surface area contributed by atoms with Crippen LogP contribution in [0.25, 0.3) is 10.8 Å². The van der Waals surface area contributed by atoms with Crippen LogP contribution in [-0.4, -0.2) is 25.0 Å². The number of hydrogen-bond donors (Lipinski definition) is 2. The van der Waals surface area contributed by atoms with Crippen LogP contribution in [0, 0.1) is 0 Å². The van der Waals surface area contributed by atoms with Gasteiger partial charge >= 0.3 is 0 Å². The third-order valence-electron chi connectivity index (χ3n) is 4.08. The summed E-state index contributed by atoms with van der Waals surface area (Å²) >= 11 is 0. The number of para-hydroxylation sites is 2. The highest BCUT2D eigenvalue weighted by Gasteiger charge is 2.10. The molecule has 0 aliphatic carbocycles. The van der Waals surface area contributed by atoms with Crippen LogP contribution in [0.5, 0.6) is 11.5 Å². The Hall–Kier alpha value is -3.54. The average molecular weight is 378 g/mol. The molecule has 3 rings (SSSR count). The monoisotopic (exact) mass is 378 g/mol. The second-order valence-corrected chi connectivity index (χ2v) is 6.08. The van der Waals surface area contributed by atoms with Gasteiger partial charge in [0, 0.05) is 0 Å². The Bertz CT molecular complexity index is 966. The molecule has 6 nitrogen and oxygen atoms in total. The minimum atomic E-state index is -0.461. The van der Waals surface area contributed by atoms with Crippen LogP contribution in [-0.2, 0) is 16.0 Å². The van der Waals surface area contributed by atoms with E-state index in [9.17, 15) is 9.59 Å². The minimum absolute atomic E-state index is 0.162. The van der Waals surface area contributed by atoms with Crippen molar-refractivity contribution in [3.05, 3.63) is 72.3 Å². The lowest BCUT2D eigenvalue weighted by Crippen LogP contribution is -2.44. The normalized spacial score (nSPS) is 10.3. The predicted molar refractivity (Wildman–Crippen MR) is 107 cm³/mol. The number of fused-ring (bicyclic) bond motifs is 1. The molecule has 28 heavy (non-hydrogen) atoms. The van der Waals surface area contributed by atoms with Gasteiger partial charge in [-0.05, 0) is 35.4 Å². The summed E-state index contributed by atoms with van der Waals surface area (Å²) in [5.41, 5.74) is 5.69. The molecular formula is C22H22N2O4. The van der Waals surface area contributed by atoms with Crippen LogP contribution in [0.3, 0.4) is 0 Å². The molecule has 6 heteroatoms. The standard InChI is InChI=1S/C22H22N2O4/c1-2-27-19-12-5-6-13-20(19)28-15-22(26)24-23-21(25)14-17-10-7-9-16-8-3-4-11-18(16)17/h3-13H,2,14-15H2,1H3,(H,23,25)(H,24,26). The van der Waals surface area contributed by atoms with Crippen LogP contribution < -0.4 is 20.3 Å². The lowest BCUT2D eigenvalue weighted by atomic mass is 10.0. The Morgan fingerprint density at radius 2 is 1.43 bits per heavy atom. The maximum absolute atomic E-state index is 12.2. The third kappa shape index (κ3) is 5.01. The van der Waals surface area contributed by atoms with Gasteiger partial charge in [-0.2, -0.15) is 0 Å². The van der Waals surface area contributed by atoms with Crippen LogP contribution in [0.15, 0.2) is 66.7 Å². The van der Waals surface area contributed by atoms with E-state index in [0.29, 0.717) is 18.1 Å². The molecule has 144 valence electrons. The third-order valence-corrected chi connectivity index (χ3v) is 4.08.